The highest BCUT2D eigenvalue weighted by molar-refractivity contribution is 5.80. The predicted molar refractivity (Wildman–Crippen MR) is 93.8 cm³/mol. The lowest BCUT2D eigenvalue weighted by Crippen LogP contribution is -2.44. The Morgan fingerprint density at radius 1 is 1.38 bits per heavy atom. The first-order chi connectivity index (χ1) is 12.4. The molecule has 5 nitrogen and oxygen atoms in total. The summed E-state index contributed by atoms with van der Waals surface area (Å²) in [7, 11) is 0. The average Bonchev–Trinajstić information content (AvgIpc) is 3.02. The summed E-state index contributed by atoms with van der Waals surface area (Å²) < 4.78 is 50.3. The fourth-order valence-electron chi connectivity index (χ4n) is 2.82. The van der Waals surface area contributed by atoms with E-state index in [4.69, 9.17) is 0 Å². The van der Waals surface area contributed by atoms with Crippen LogP contribution in [0.4, 0.5) is 23.4 Å². The second-order valence-electron chi connectivity index (χ2n) is 6.22. The van der Waals surface area contributed by atoms with E-state index in [9.17, 15) is 17.6 Å². The van der Waals surface area contributed by atoms with Crippen LogP contribution in [0, 0.1) is 5.82 Å². The van der Waals surface area contributed by atoms with Crippen molar-refractivity contribution in [1.82, 2.24) is 15.6 Å². The summed E-state index contributed by atoms with van der Waals surface area (Å²) in [5, 5.41) is 6.36. The Labute approximate surface area is 150 Å². The van der Waals surface area contributed by atoms with Crippen molar-refractivity contribution in [2.24, 2.45) is 4.99 Å². The number of nitrogens with one attached hydrogen (secondary N) is 2. The number of unbranched alkanes of at least 4 members (excludes halogenated alkanes) is 1. The molecule has 26 heavy (non-hydrogen) atoms. The van der Waals surface area contributed by atoms with Crippen LogP contribution in [0.15, 0.2) is 23.3 Å². The van der Waals surface area contributed by atoms with E-state index in [0.29, 0.717) is 44.4 Å². The highest BCUT2D eigenvalue weighted by Crippen LogP contribution is 2.22. The van der Waals surface area contributed by atoms with Gasteiger partial charge < -0.3 is 15.5 Å². The molecule has 1 aromatic heterocycles. The summed E-state index contributed by atoms with van der Waals surface area (Å²) in [4.78, 5) is 10.3. The summed E-state index contributed by atoms with van der Waals surface area (Å²) in [5.74, 6) is 0.567. The lowest BCUT2D eigenvalue weighted by atomic mass is 10.2. The van der Waals surface area contributed by atoms with Gasteiger partial charge in [-0.3, -0.25) is 4.99 Å². The van der Waals surface area contributed by atoms with Gasteiger partial charge in [-0.05, 0) is 38.3 Å². The molecule has 0 amide bonds. The summed E-state index contributed by atoms with van der Waals surface area (Å²) in [5.41, 5.74) is 0. The molecule has 0 saturated carbocycles. The predicted octanol–water partition coefficient (Wildman–Crippen LogP) is 3.09. The Morgan fingerprint density at radius 3 is 2.88 bits per heavy atom. The fourth-order valence-corrected chi connectivity index (χ4v) is 2.82. The summed E-state index contributed by atoms with van der Waals surface area (Å²) in [6.45, 7) is 4.17. The van der Waals surface area contributed by atoms with Gasteiger partial charge in [0.2, 0.25) is 0 Å². The zero-order valence-electron chi connectivity index (χ0n) is 14.8. The first-order valence-electron chi connectivity index (χ1n) is 8.86. The van der Waals surface area contributed by atoms with Crippen LogP contribution >= 0.6 is 0 Å². The van der Waals surface area contributed by atoms with Crippen LogP contribution in [0.2, 0.25) is 0 Å². The Balaban J connectivity index is 1.82. The summed E-state index contributed by atoms with van der Waals surface area (Å²) >= 11 is 0. The molecular formula is C17H25F4N5. The van der Waals surface area contributed by atoms with Crippen LogP contribution in [0.25, 0.3) is 0 Å². The Kier molecular flexibility index (Phi) is 7.47. The van der Waals surface area contributed by atoms with E-state index in [1.807, 2.05) is 11.8 Å². The number of alkyl halides is 3. The van der Waals surface area contributed by atoms with E-state index < -0.39 is 12.6 Å². The molecule has 1 aromatic rings. The van der Waals surface area contributed by atoms with Crippen LogP contribution in [-0.2, 0) is 0 Å². The van der Waals surface area contributed by atoms with Gasteiger partial charge >= 0.3 is 6.18 Å². The van der Waals surface area contributed by atoms with Crippen LogP contribution in [0.5, 0.6) is 0 Å². The van der Waals surface area contributed by atoms with E-state index in [1.54, 1.807) is 12.3 Å². The molecule has 0 aromatic carbocycles. The normalized spacial score (nSPS) is 18.3. The third-order valence-electron chi connectivity index (χ3n) is 4.05. The van der Waals surface area contributed by atoms with Crippen LogP contribution < -0.4 is 15.5 Å². The molecule has 1 unspecified atom stereocenters. The van der Waals surface area contributed by atoms with Crippen LogP contribution in [-0.4, -0.2) is 49.3 Å². The molecule has 2 heterocycles. The van der Waals surface area contributed by atoms with Crippen molar-refractivity contribution in [3.05, 3.63) is 24.1 Å². The number of rotatable bonds is 7. The number of halogens is 4. The van der Waals surface area contributed by atoms with Crippen molar-refractivity contribution in [1.29, 1.82) is 0 Å². The molecule has 2 rings (SSSR count). The smallest absolute Gasteiger partial charge is 0.357 e. The molecule has 0 bridgehead atoms. The highest BCUT2D eigenvalue weighted by atomic mass is 19.4. The zero-order chi connectivity index (χ0) is 19.0. The summed E-state index contributed by atoms with van der Waals surface area (Å²) in [6, 6.07) is 3.01. The van der Waals surface area contributed by atoms with Crippen LogP contribution in [0.3, 0.4) is 0 Å². The second kappa shape index (κ2) is 9.59. The Morgan fingerprint density at radius 2 is 2.19 bits per heavy atom. The third kappa shape index (κ3) is 6.68. The first kappa shape index (κ1) is 20.3. The average molecular weight is 375 g/mol. The van der Waals surface area contributed by atoms with E-state index >= 15 is 0 Å². The molecule has 1 aliphatic heterocycles. The number of hydrogen-bond acceptors (Lipinski definition) is 3. The third-order valence-corrected chi connectivity index (χ3v) is 4.05. The lowest BCUT2D eigenvalue weighted by molar-refractivity contribution is -0.135. The van der Waals surface area contributed by atoms with Crippen molar-refractivity contribution in [2.75, 3.05) is 31.1 Å². The number of nitrogens with zero attached hydrogens (tertiary/aromatic N) is 3. The topological polar surface area (TPSA) is 52.6 Å². The van der Waals surface area contributed by atoms with Crippen molar-refractivity contribution in [3.63, 3.8) is 0 Å². The molecular weight excluding hydrogens is 350 g/mol. The quantitative estimate of drug-likeness (QED) is 0.333. The summed E-state index contributed by atoms with van der Waals surface area (Å²) in [6.07, 6.45) is -2.07. The van der Waals surface area contributed by atoms with Gasteiger partial charge in [0.15, 0.2) is 17.6 Å². The van der Waals surface area contributed by atoms with Crippen molar-refractivity contribution in [2.45, 2.75) is 44.8 Å². The maximum atomic E-state index is 13.8. The van der Waals surface area contributed by atoms with E-state index in [2.05, 4.69) is 20.6 Å². The van der Waals surface area contributed by atoms with Gasteiger partial charge in [-0.1, -0.05) is 0 Å². The van der Waals surface area contributed by atoms with Gasteiger partial charge in [-0.2, -0.15) is 13.2 Å². The zero-order valence-corrected chi connectivity index (χ0v) is 14.8. The number of pyridine rings is 1. The van der Waals surface area contributed by atoms with Gasteiger partial charge in [0.1, 0.15) is 0 Å². The first-order valence-corrected chi connectivity index (χ1v) is 8.86. The molecule has 0 radical (unpaired) electrons. The number of anilines is 1. The van der Waals surface area contributed by atoms with Crippen molar-refractivity contribution >= 4 is 11.8 Å². The maximum Gasteiger partial charge on any atom is 0.389 e. The van der Waals surface area contributed by atoms with Gasteiger partial charge in [0.05, 0.1) is 0 Å². The SMILES string of the molecule is CCNC(=NCCCCC(F)(F)F)NC1CCN(c2ncccc2F)C1. The molecule has 9 heteroatoms. The van der Waals surface area contributed by atoms with Gasteiger partial charge in [0, 0.05) is 44.8 Å². The van der Waals surface area contributed by atoms with Gasteiger partial charge in [0.25, 0.3) is 0 Å². The molecule has 1 aliphatic rings. The molecule has 1 fully saturated rings. The number of aliphatic imine (C=N–C) groups is 1. The number of guanidine groups is 1. The molecule has 146 valence electrons. The molecule has 0 spiro atoms. The minimum atomic E-state index is -4.11. The second-order valence-corrected chi connectivity index (χ2v) is 6.22. The van der Waals surface area contributed by atoms with Gasteiger partial charge in [-0.15, -0.1) is 0 Å². The molecule has 2 N–H and O–H groups in total. The van der Waals surface area contributed by atoms with Crippen LogP contribution in [0.1, 0.15) is 32.6 Å². The Hall–Kier alpha value is -2.06. The maximum absolute atomic E-state index is 13.8. The van der Waals surface area contributed by atoms with E-state index in [0.717, 1.165) is 6.42 Å². The largest absolute Gasteiger partial charge is 0.389 e. The molecule has 0 aliphatic carbocycles. The monoisotopic (exact) mass is 375 g/mol. The van der Waals surface area contributed by atoms with Crippen molar-refractivity contribution < 1.29 is 17.6 Å². The minimum absolute atomic E-state index is 0.0720. The molecule has 1 atom stereocenters. The standard InChI is InChI=1S/C17H25F4N5/c1-2-22-16(24-9-4-3-8-17(19,20)21)25-13-7-11-26(12-13)15-14(18)6-5-10-23-15/h5-6,10,13H,2-4,7-9,11-12H2,1H3,(H2,22,24,25). The lowest BCUT2D eigenvalue weighted by Gasteiger charge is -2.20. The number of hydrogen-bond donors (Lipinski definition) is 2. The number of aromatic nitrogens is 1. The van der Waals surface area contributed by atoms with Crippen molar-refractivity contribution in [3.8, 4) is 0 Å². The van der Waals surface area contributed by atoms with E-state index in [1.165, 1.54) is 6.07 Å². The van der Waals surface area contributed by atoms with E-state index in [-0.39, 0.29) is 18.3 Å². The fraction of sp³-hybridized carbons (Fsp3) is 0.647. The minimum Gasteiger partial charge on any atom is -0.357 e. The molecule has 1 saturated heterocycles. The Bertz CT molecular complexity index is 591. The van der Waals surface area contributed by atoms with Gasteiger partial charge in [-0.25, -0.2) is 9.37 Å². The highest BCUT2D eigenvalue weighted by Gasteiger charge is 2.26.